The summed E-state index contributed by atoms with van der Waals surface area (Å²) in [6, 6.07) is 9.80. The fourth-order valence-corrected chi connectivity index (χ4v) is 1.79. The third-order valence-corrected chi connectivity index (χ3v) is 2.43. The molecule has 1 atom stereocenters. The van der Waals surface area contributed by atoms with E-state index >= 15 is 0 Å². The summed E-state index contributed by atoms with van der Waals surface area (Å²) in [5, 5.41) is 10.6. The van der Waals surface area contributed by atoms with E-state index in [-0.39, 0.29) is 24.0 Å². The van der Waals surface area contributed by atoms with Gasteiger partial charge in [0, 0.05) is 5.56 Å². The van der Waals surface area contributed by atoms with E-state index in [1.807, 2.05) is 37.4 Å². The summed E-state index contributed by atoms with van der Waals surface area (Å²) < 4.78 is 0.348. The molecule has 0 saturated carbocycles. The fourth-order valence-electron chi connectivity index (χ4n) is 1.79. The lowest BCUT2D eigenvalue weighted by molar-refractivity contribution is -0.982. The van der Waals surface area contributed by atoms with Crippen LogP contribution >= 0.6 is 0 Å². The molecule has 0 aliphatic rings. The van der Waals surface area contributed by atoms with E-state index < -0.39 is 0 Å². The number of hydrogen-bond donors (Lipinski definition) is 0. The number of benzene rings is 1. The van der Waals surface area contributed by atoms with Gasteiger partial charge in [0.1, 0.15) is 13.1 Å². The van der Waals surface area contributed by atoms with Crippen molar-refractivity contribution in [3.63, 3.8) is 0 Å². The lowest BCUT2D eigenvalue weighted by Gasteiger charge is -2.28. The molecule has 0 heterocycles. The van der Waals surface area contributed by atoms with Crippen LogP contribution in [0.25, 0.3) is 0 Å². The number of halogens is 1. The van der Waals surface area contributed by atoms with Gasteiger partial charge in [0.05, 0.1) is 12.0 Å². The lowest BCUT2D eigenvalue weighted by Crippen LogP contribution is -3.00. The second kappa shape index (κ2) is 7.04. The lowest BCUT2D eigenvalue weighted by atomic mass is 10.2. The number of nitrogens with zero attached hydrogens (tertiary/aromatic N) is 2. The maximum atomic E-state index is 10.6. The second-order valence-corrected chi connectivity index (χ2v) is 4.21. The van der Waals surface area contributed by atoms with Gasteiger partial charge in [-0.05, 0) is 6.08 Å². The predicted molar refractivity (Wildman–Crippen MR) is 63.3 cm³/mol. The molecule has 5 heteroatoms. The zero-order chi connectivity index (χ0) is 12.0. The molecule has 0 bridgehead atoms. The van der Waals surface area contributed by atoms with Crippen LogP contribution in [0.1, 0.15) is 5.56 Å². The number of nitro groups is 1. The van der Waals surface area contributed by atoms with Gasteiger partial charge in [0.15, 0.2) is 0 Å². The quantitative estimate of drug-likeness (QED) is 0.217. The smallest absolute Gasteiger partial charge is 0.328 e. The van der Waals surface area contributed by atoms with Crippen LogP contribution in [-0.2, 0) is 6.54 Å². The highest BCUT2D eigenvalue weighted by molar-refractivity contribution is 5.13. The largest absolute Gasteiger partial charge is 1.00 e. The average molecular weight is 257 g/mol. The van der Waals surface area contributed by atoms with Gasteiger partial charge in [-0.15, -0.1) is 0 Å². The van der Waals surface area contributed by atoms with Crippen molar-refractivity contribution in [3.8, 4) is 0 Å². The van der Waals surface area contributed by atoms with Crippen molar-refractivity contribution in [1.29, 1.82) is 0 Å². The van der Waals surface area contributed by atoms with Crippen LogP contribution in [0.5, 0.6) is 0 Å². The highest BCUT2D eigenvalue weighted by atomic mass is 35.5. The van der Waals surface area contributed by atoms with Gasteiger partial charge >= 0.3 is 6.67 Å². The van der Waals surface area contributed by atoms with Crippen molar-refractivity contribution in [1.82, 2.24) is 0 Å². The summed E-state index contributed by atoms with van der Waals surface area (Å²) in [5.41, 5.74) is 1.11. The highest BCUT2D eigenvalue weighted by Crippen LogP contribution is 2.11. The van der Waals surface area contributed by atoms with E-state index in [9.17, 15) is 10.1 Å². The predicted octanol–water partition coefficient (Wildman–Crippen LogP) is -0.943. The molecule has 0 aliphatic carbocycles. The second-order valence-electron chi connectivity index (χ2n) is 4.21. The Hall–Kier alpha value is -1.39. The molecule has 1 unspecified atom stereocenters. The van der Waals surface area contributed by atoms with Crippen molar-refractivity contribution in [2.45, 2.75) is 6.54 Å². The molecular weight excluding hydrogens is 240 g/mol. The molecule has 4 nitrogen and oxygen atoms in total. The first-order valence-corrected chi connectivity index (χ1v) is 5.16. The first-order chi connectivity index (χ1) is 7.56. The molecule has 94 valence electrons. The number of rotatable bonds is 6. The summed E-state index contributed by atoms with van der Waals surface area (Å²) in [7, 11) is 1.87. The van der Waals surface area contributed by atoms with Gasteiger partial charge in [0.2, 0.25) is 0 Å². The van der Waals surface area contributed by atoms with Crippen molar-refractivity contribution in [2.75, 3.05) is 20.3 Å². The third kappa shape index (κ3) is 5.47. The van der Waals surface area contributed by atoms with Crippen LogP contribution in [0.3, 0.4) is 0 Å². The zero-order valence-corrected chi connectivity index (χ0v) is 10.6. The molecule has 1 aromatic rings. The van der Waals surface area contributed by atoms with Gasteiger partial charge < -0.3 is 12.4 Å². The van der Waals surface area contributed by atoms with E-state index in [0.29, 0.717) is 17.6 Å². The molecule has 0 saturated heterocycles. The number of quaternary nitrogens is 1. The van der Waals surface area contributed by atoms with Crippen LogP contribution in [-0.4, -0.2) is 29.7 Å². The van der Waals surface area contributed by atoms with Gasteiger partial charge in [-0.1, -0.05) is 36.9 Å². The molecule has 0 N–H and O–H groups in total. The Kier molecular flexibility index (Phi) is 6.46. The summed E-state index contributed by atoms with van der Waals surface area (Å²) >= 11 is 0. The molecule has 1 aromatic carbocycles. The fraction of sp³-hybridized carbons (Fsp3) is 0.333. The van der Waals surface area contributed by atoms with Crippen molar-refractivity contribution < 1.29 is 21.8 Å². The van der Waals surface area contributed by atoms with Crippen LogP contribution in [0, 0.1) is 10.1 Å². The van der Waals surface area contributed by atoms with Gasteiger partial charge in [-0.3, -0.25) is 14.6 Å². The summed E-state index contributed by atoms with van der Waals surface area (Å²) in [5.74, 6) is 0. The van der Waals surface area contributed by atoms with Crippen molar-refractivity contribution >= 4 is 0 Å². The maximum Gasteiger partial charge on any atom is 0.328 e. The monoisotopic (exact) mass is 256 g/mol. The normalized spacial score (nSPS) is 13.2. The Bertz CT molecular complexity index is 370. The first-order valence-electron chi connectivity index (χ1n) is 5.16. The molecular formula is C12H17ClN2O2. The molecule has 0 aromatic heterocycles. The van der Waals surface area contributed by atoms with Gasteiger partial charge in [-0.25, -0.2) is 0 Å². The first kappa shape index (κ1) is 15.6. The van der Waals surface area contributed by atoms with Crippen molar-refractivity contribution in [3.05, 3.63) is 58.7 Å². The highest BCUT2D eigenvalue weighted by Gasteiger charge is 2.26. The van der Waals surface area contributed by atoms with Gasteiger partial charge in [-0.2, -0.15) is 0 Å². The van der Waals surface area contributed by atoms with E-state index in [4.69, 9.17) is 0 Å². The minimum absolute atomic E-state index is 0. The van der Waals surface area contributed by atoms with Gasteiger partial charge in [0.25, 0.3) is 0 Å². The molecule has 17 heavy (non-hydrogen) atoms. The molecule has 0 amide bonds. The minimum atomic E-state index is -0.271. The molecule has 0 radical (unpaired) electrons. The maximum absolute atomic E-state index is 10.6. The van der Waals surface area contributed by atoms with Crippen LogP contribution in [0.4, 0.5) is 0 Å². The molecule has 0 spiro atoms. The Morgan fingerprint density at radius 2 is 2.00 bits per heavy atom. The van der Waals surface area contributed by atoms with Crippen LogP contribution < -0.4 is 12.4 Å². The SMILES string of the molecule is C=CC[N+](C)(Cc1ccccc1)C[N+](=O)[O-].[Cl-]. The summed E-state index contributed by atoms with van der Waals surface area (Å²) in [6.07, 6.45) is 1.73. The number of hydrogen-bond acceptors (Lipinski definition) is 2. The molecule has 1 rings (SSSR count). The summed E-state index contributed by atoms with van der Waals surface area (Å²) in [6.45, 7) is 4.81. The van der Waals surface area contributed by atoms with Crippen LogP contribution in [0.15, 0.2) is 43.0 Å². The third-order valence-electron chi connectivity index (χ3n) is 2.43. The van der Waals surface area contributed by atoms with Crippen molar-refractivity contribution in [2.24, 2.45) is 0 Å². The van der Waals surface area contributed by atoms with E-state index in [1.54, 1.807) is 6.08 Å². The average Bonchev–Trinajstić information content (AvgIpc) is 2.17. The Labute approximate surface area is 108 Å². The van der Waals surface area contributed by atoms with E-state index in [0.717, 1.165) is 5.56 Å². The Balaban J connectivity index is 0.00000256. The zero-order valence-electron chi connectivity index (χ0n) is 9.88. The summed E-state index contributed by atoms with van der Waals surface area (Å²) in [4.78, 5) is 10.4. The van der Waals surface area contributed by atoms with E-state index in [1.165, 1.54) is 0 Å². The topological polar surface area (TPSA) is 43.1 Å². The molecule has 0 aliphatic heterocycles. The standard InChI is InChI=1S/C12H17N2O2.ClH/c1-3-9-14(2,11-13(15)16)10-12-7-5-4-6-8-12;/h3-8H,1,9-11H2,2H3;1H/q+1;/p-1. The Morgan fingerprint density at radius 1 is 1.41 bits per heavy atom. The van der Waals surface area contributed by atoms with E-state index in [2.05, 4.69) is 6.58 Å². The minimum Gasteiger partial charge on any atom is -1.00 e. The molecule has 0 fully saturated rings. The Morgan fingerprint density at radius 3 is 2.47 bits per heavy atom. The van der Waals surface area contributed by atoms with Crippen LogP contribution in [0.2, 0.25) is 0 Å². The number of likely N-dealkylation sites (N-methyl/N-ethyl adjacent to an activating group) is 1.